The molecule has 0 fully saturated rings. The zero-order valence-corrected chi connectivity index (χ0v) is 13.2. The molecule has 3 N–H and O–H groups in total. The number of nitrogen functional groups attached to an aromatic ring is 1. The van der Waals surface area contributed by atoms with E-state index < -0.39 is 0 Å². The Morgan fingerprint density at radius 1 is 1.40 bits per heavy atom. The van der Waals surface area contributed by atoms with E-state index in [0.717, 1.165) is 22.3 Å². The molecule has 20 heavy (non-hydrogen) atoms. The van der Waals surface area contributed by atoms with Gasteiger partial charge in [0.05, 0.1) is 5.69 Å². The normalized spacial score (nSPS) is 11.8. The van der Waals surface area contributed by atoms with Gasteiger partial charge in [-0.05, 0) is 30.9 Å². The van der Waals surface area contributed by atoms with E-state index >= 15 is 0 Å². The molecular weight excluding hydrogens is 270 g/mol. The summed E-state index contributed by atoms with van der Waals surface area (Å²) in [5, 5.41) is 3.80. The Morgan fingerprint density at radius 3 is 2.75 bits per heavy atom. The second-order valence-electron chi connectivity index (χ2n) is 6.22. The predicted molar refractivity (Wildman–Crippen MR) is 85.2 cm³/mol. The fourth-order valence-electron chi connectivity index (χ4n) is 1.89. The summed E-state index contributed by atoms with van der Waals surface area (Å²) in [7, 11) is 0. The van der Waals surface area contributed by atoms with Crippen LogP contribution in [0.5, 0.6) is 0 Å². The lowest BCUT2D eigenvalue weighted by molar-refractivity contribution is 0.0954. The first-order valence-corrected chi connectivity index (χ1v) is 7.53. The van der Waals surface area contributed by atoms with E-state index in [9.17, 15) is 4.79 Å². The first kappa shape index (κ1) is 14.8. The van der Waals surface area contributed by atoms with Gasteiger partial charge in [0.1, 0.15) is 9.71 Å². The van der Waals surface area contributed by atoms with Gasteiger partial charge in [-0.2, -0.15) is 0 Å². The SMILES string of the molecule is Cc1ccc2c(N)c(C(=O)NCCC(C)(C)C)sc2n1. The maximum Gasteiger partial charge on any atom is 0.263 e. The quantitative estimate of drug-likeness (QED) is 0.911. The van der Waals surface area contributed by atoms with Crippen molar-refractivity contribution in [3.63, 3.8) is 0 Å². The van der Waals surface area contributed by atoms with Gasteiger partial charge in [-0.3, -0.25) is 4.79 Å². The highest BCUT2D eigenvalue weighted by Gasteiger charge is 2.18. The highest BCUT2D eigenvalue weighted by atomic mass is 32.1. The number of aromatic nitrogens is 1. The van der Waals surface area contributed by atoms with Crippen LogP contribution in [-0.4, -0.2) is 17.4 Å². The van der Waals surface area contributed by atoms with E-state index in [-0.39, 0.29) is 11.3 Å². The zero-order valence-electron chi connectivity index (χ0n) is 12.4. The van der Waals surface area contributed by atoms with Crippen LogP contribution in [0.3, 0.4) is 0 Å². The molecule has 0 saturated heterocycles. The molecule has 108 valence electrons. The third-order valence-corrected chi connectivity index (χ3v) is 4.21. The van der Waals surface area contributed by atoms with Gasteiger partial charge in [0.15, 0.2) is 0 Å². The number of nitrogens with zero attached hydrogens (tertiary/aromatic N) is 1. The standard InChI is InChI=1S/C15H21N3OS/c1-9-5-6-10-11(16)12(20-14(10)18-9)13(19)17-8-7-15(2,3)4/h5-6H,7-8,16H2,1-4H3,(H,17,19). The molecule has 0 aliphatic heterocycles. The van der Waals surface area contributed by atoms with Gasteiger partial charge in [0, 0.05) is 17.6 Å². The monoisotopic (exact) mass is 291 g/mol. The van der Waals surface area contributed by atoms with Gasteiger partial charge in [-0.1, -0.05) is 20.8 Å². The van der Waals surface area contributed by atoms with Crippen molar-refractivity contribution in [2.45, 2.75) is 34.1 Å². The highest BCUT2D eigenvalue weighted by molar-refractivity contribution is 7.21. The third-order valence-electron chi connectivity index (χ3n) is 3.10. The fourth-order valence-corrected chi connectivity index (χ4v) is 2.95. The maximum absolute atomic E-state index is 12.2. The summed E-state index contributed by atoms with van der Waals surface area (Å²) < 4.78 is 0. The van der Waals surface area contributed by atoms with Crippen molar-refractivity contribution in [3.05, 3.63) is 22.7 Å². The Hall–Kier alpha value is -1.62. The highest BCUT2D eigenvalue weighted by Crippen LogP contribution is 2.32. The van der Waals surface area contributed by atoms with Gasteiger partial charge in [-0.15, -0.1) is 11.3 Å². The minimum Gasteiger partial charge on any atom is -0.397 e. The molecule has 0 saturated carbocycles. The second-order valence-corrected chi connectivity index (χ2v) is 7.22. The molecule has 0 spiro atoms. The molecule has 0 atom stereocenters. The van der Waals surface area contributed by atoms with Crippen molar-refractivity contribution in [3.8, 4) is 0 Å². The molecule has 0 aromatic carbocycles. The van der Waals surface area contributed by atoms with Gasteiger partial charge in [0.25, 0.3) is 5.91 Å². The van der Waals surface area contributed by atoms with Crippen LogP contribution in [-0.2, 0) is 0 Å². The number of pyridine rings is 1. The van der Waals surface area contributed by atoms with Crippen molar-refractivity contribution >= 4 is 33.1 Å². The molecule has 0 radical (unpaired) electrons. The van der Waals surface area contributed by atoms with Crippen LogP contribution in [0.4, 0.5) is 5.69 Å². The van der Waals surface area contributed by atoms with E-state index in [1.165, 1.54) is 11.3 Å². The van der Waals surface area contributed by atoms with Gasteiger partial charge in [0.2, 0.25) is 0 Å². The van der Waals surface area contributed by atoms with E-state index in [1.54, 1.807) is 0 Å². The summed E-state index contributed by atoms with van der Waals surface area (Å²) in [6.07, 6.45) is 0.931. The Morgan fingerprint density at radius 2 is 2.10 bits per heavy atom. The third kappa shape index (κ3) is 3.28. The molecule has 2 heterocycles. The Bertz CT molecular complexity index is 640. The zero-order chi connectivity index (χ0) is 14.9. The number of fused-ring (bicyclic) bond motifs is 1. The van der Waals surface area contributed by atoms with Crippen LogP contribution < -0.4 is 11.1 Å². The summed E-state index contributed by atoms with van der Waals surface area (Å²) in [6.45, 7) is 9.04. The van der Waals surface area contributed by atoms with Crippen LogP contribution in [0.2, 0.25) is 0 Å². The lowest BCUT2D eigenvalue weighted by Crippen LogP contribution is -2.27. The number of nitrogens with two attached hydrogens (primary N) is 1. The largest absolute Gasteiger partial charge is 0.397 e. The van der Waals surface area contributed by atoms with Crippen molar-refractivity contribution in [2.75, 3.05) is 12.3 Å². The summed E-state index contributed by atoms with van der Waals surface area (Å²) in [5.41, 5.74) is 7.73. The minimum atomic E-state index is -0.104. The summed E-state index contributed by atoms with van der Waals surface area (Å²) in [6, 6.07) is 3.84. The van der Waals surface area contributed by atoms with Crippen LogP contribution in [0.25, 0.3) is 10.2 Å². The van der Waals surface area contributed by atoms with Gasteiger partial charge in [-0.25, -0.2) is 4.98 Å². The smallest absolute Gasteiger partial charge is 0.263 e. The number of hydrogen-bond acceptors (Lipinski definition) is 4. The number of amides is 1. The predicted octanol–water partition coefficient (Wildman–Crippen LogP) is 3.35. The molecule has 2 aromatic heterocycles. The molecule has 2 aromatic rings. The summed E-state index contributed by atoms with van der Waals surface area (Å²) in [4.78, 5) is 18.0. The number of rotatable bonds is 3. The lowest BCUT2D eigenvalue weighted by atomic mass is 9.92. The average Bonchev–Trinajstić information content (AvgIpc) is 2.64. The van der Waals surface area contributed by atoms with Crippen molar-refractivity contribution in [1.82, 2.24) is 10.3 Å². The lowest BCUT2D eigenvalue weighted by Gasteiger charge is -2.17. The van der Waals surface area contributed by atoms with E-state index in [2.05, 4.69) is 31.1 Å². The topological polar surface area (TPSA) is 68.0 Å². The maximum atomic E-state index is 12.2. The first-order valence-electron chi connectivity index (χ1n) is 6.72. The number of carbonyl (C=O) groups is 1. The number of carbonyl (C=O) groups excluding carboxylic acids is 1. The fraction of sp³-hybridized carbons (Fsp3) is 0.467. The van der Waals surface area contributed by atoms with Crippen LogP contribution in [0.15, 0.2) is 12.1 Å². The van der Waals surface area contributed by atoms with E-state index in [0.29, 0.717) is 17.1 Å². The number of nitrogens with one attached hydrogen (secondary N) is 1. The minimum absolute atomic E-state index is 0.104. The molecule has 2 rings (SSSR count). The molecule has 4 nitrogen and oxygen atoms in total. The number of aryl methyl sites for hydroxylation is 1. The molecule has 0 aliphatic carbocycles. The molecule has 0 unspecified atom stereocenters. The number of hydrogen-bond donors (Lipinski definition) is 2. The summed E-state index contributed by atoms with van der Waals surface area (Å²) in [5.74, 6) is -0.104. The molecule has 5 heteroatoms. The van der Waals surface area contributed by atoms with Crippen molar-refractivity contribution < 1.29 is 4.79 Å². The van der Waals surface area contributed by atoms with Crippen LogP contribution in [0, 0.1) is 12.3 Å². The average molecular weight is 291 g/mol. The Labute approximate surface area is 123 Å². The molecular formula is C15H21N3OS. The van der Waals surface area contributed by atoms with Crippen molar-refractivity contribution in [2.24, 2.45) is 5.41 Å². The summed E-state index contributed by atoms with van der Waals surface area (Å²) >= 11 is 1.36. The molecule has 0 aliphatic rings. The van der Waals surface area contributed by atoms with Crippen molar-refractivity contribution in [1.29, 1.82) is 0 Å². The van der Waals surface area contributed by atoms with Crippen LogP contribution in [0.1, 0.15) is 42.6 Å². The van der Waals surface area contributed by atoms with Crippen LogP contribution >= 0.6 is 11.3 Å². The van der Waals surface area contributed by atoms with E-state index in [1.807, 2.05) is 19.1 Å². The Balaban J connectivity index is 2.16. The van der Waals surface area contributed by atoms with Gasteiger partial charge < -0.3 is 11.1 Å². The second kappa shape index (κ2) is 5.40. The Kier molecular flexibility index (Phi) is 3.99. The van der Waals surface area contributed by atoms with E-state index in [4.69, 9.17) is 5.73 Å². The number of thiophene rings is 1. The van der Waals surface area contributed by atoms with Gasteiger partial charge >= 0.3 is 0 Å². The molecule has 1 amide bonds. The number of anilines is 1. The first-order chi connectivity index (χ1) is 9.28. The molecule has 0 bridgehead atoms.